The zero-order valence-corrected chi connectivity index (χ0v) is 12.7. The Hall–Kier alpha value is -2.43. The summed E-state index contributed by atoms with van der Waals surface area (Å²) >= 11 is 0. The smallest absolute Gasteiger partial charge is 0.328 e. The molecule has 1 rings (SSSR count). The second kappa shape index (κ2) is 7.99. The maximum Gasteiger partial charge on any atom is 0.328 e. The highest BCUT2D eigenvalue weighted by Crippen LogP contribution is 2.39. The zero-order chi connectivity index (χ0) is 15.8. The maximum absolute atomic E-state index is 10.6. The van der Waals surface area contributed by atoms with Crippen LogP contribution < -0.4 is 14.2 Å². The summed E-state index contributed by atoms with van der Waals surface area (Å²) < 4.78 is 16.3. The van der Waals surface area contributed by atoms with Gasteiger partial charge in [0.2, 0.25) is 5.75 Å². The van der Waals surface area contributed by atoms with Gasteiger partial charge < -0.3 is 19.3 Å². The molecule has 5 heteroatoms. The molecule has 0 aliphatic carbocycles. The molecule has 21 heavy (non-hydrogen) atoms. The van der Waals surface area contributed by atoms with E-state index >= 15 is 0 Å². The third-order valence-electron chi connectivity index (χ3n) is 2.84. The van der Waals surface area contributed by atoms with E-state index in [1.807, 2.05) is 19.9 Å². The summed E-state index contributed by atoms with van der Waals surface area (Å²) in [6.07, 6.45) is 4.48. The van der Waals surface area contributed by atoms with Gasteiger partial charge in [0.05, 0.1) is 14.2 Å². The van der Waals surface area contributed by atoms with Crippen LogP contribution >= 0.6 is 0 Å². The first-order chi connectivity index (χ1) is 10.0. The highest BCUT2D eigenvalue weighted by molar-refractivity contribution is 5.85. The van der Waals surface area contributed by atoms with E-state index in [0.717, 1.165) is 11.6 Å². The van der Waals surface area contributed by atoms with Crippen LogP contribution in [0.15, 0.2) is 29.9 Å². The van der Waals surface area contributed by atoms with Crippen molar-refractivity contribution in [3.05, 3.63) is 35.4 Å². The fourth-order valence-electron chi connectivity index (χ4n) is 1.58. The van der Waals surface area contributed by atoms with Gasteiger partial charge in [-0.15, -0.1) is 0 Å². The molecule has 0 bridgehead atoms. The van der Waals surface area contributed by atoms with Crippen LogP contribution in [0.1, 0.15) is 19.4 Å². The zero-order valence-electron chi connectivity index (χ0n) is 12.7. The van der Waals surface area contributed by atoms with Gasteiger partial charge in [0, 0.05) is 6.08 Å². The number of allylic oxidation sites excluding steroid dienone is 1. The van der Waals surface area contributed by atoms with E-state index < -0.39 is 5.97 Å². The molecule has 0 heterocycles. The number of benzene rings is 1. The van der Waals surface area contributed by atoms with E-state index in [9.17, 15) is 4.79 Å². The minimum atomic E-state index is -1.02. The number of hydrogen-bond acceptors (Lipinski definition) is 4. The van der Waals surface area contributed by atoms with Crippen LogP contribution in [-0.2, 0) is 4.79 Å². The van der Waals surface area contributed by atoms with Crippen LogP contribution in [0.2, 0.25) is 0 Å². The average Bonchev–Trinajstić information content (AvgIpc) is 2.49. The molecule has 0 saturated carbocycles. The molecule has 1 aromatic carbocycles. The van der Waals surface area contributed by atoms with Gasteiger partial charge in [0.15, 0.2) is 11.5 Å². The van der Waals surface area contributed by atoms with Gasteiger partial charge in [0.1, 0.15) is 6.61 Å². The Kier molecular flexibility index (Phi) is 6.33. The second-order valence-electron chi connectivity index (χ2n) is 4.35. The average molecular weight is 292 g/mol. The van der Waals surface area contributed by atoms with Crippen molar-refractivity contribution < 1.29 is 24.1 Å². The molecule has 0 unspecified atom stereocenters. The summed E-state index contributed by atoms with van der Waals surface area (Å²) in [6.45, 7) is 4.32. The number of rotatable bonds is 7. The first-order valence-corrected chi connectivity index (χ1v) is 6.43. The molecule has 0 saturated heterocycles. The highest BCUT2D eigenvalue weighted by atomic mass is 16.5. The van der Waals surface area contributed by atoms with Gasteiger partial charge in [-0.25, -0.2) is 4.79 Å². The van der Waals surface area contributed by atoms with Crippen molar-refractivity contribution >= 4 is 12.0 Å². The number of aliphatic carboxylic acids is 1. The second-order valence-corrected chi connectivity index (χ2v) is 4.35. The Morgan fingerprint density at radius 3 is 2.24 bits per heavy atom. The molecule has 0 spiro atoms. The van der Waals surface area contributed by atoms with Gasteiger partial charge in [-0.1, -0.05) is 6.08 Å². The van der Waals surface area contributed by atoms with Gasteiger partial charge in [-0.2, -0.15) is 0 Å². The van der Waals surface area contributed by atoms with Gasteiger partial charge >= 0.3 is 5.97 Å². The van der Waals surface area contributed by atoms with Crippen LogP contribution in [0.3, 0.4) is 0 Å². The van der Waals surface area contributed by atoms with Crippen LogP contribution in [0.5, 0.6) is 17.2 Å². The predicted octanol–water partition coefficient (Wildman–Crippen LogP) is 3.15. The van der Waals surface area contributed by atoms with E-state index in [1.165, 1.54) is 20.3 Å². The normalized spacial score (nSPS) is 11.5. The Balaban J connectivity index is 3.15. The van der Waals surface area contributed by atoms with Gasteiger partial charge in [-0.05, 0) is 43.2 Å². The molecule has 0 radical (unpaired) electrons. The van der Waals surface area contributed by atoms with Crippen LogP contribution in [0.25, 0.3) is 6.08 Å². The van der Waals surface area contributed by atoms with E-state index in [2.05, 4.69) is 0 Å². The minimum absolute atomic E-state index is 0.424. The number of carboxylic acids is 1. The fraction of sp³-hybridized carbons (Fsp3) is 0.312. The van der Waals surface area contributed by atoms with Gasteiger partial charge in [0.25, 0.3) is 0 Å². The van der Waals surface area contributed by atoms with E-state index in [-0.39, 0.29) is 0 Å². The molecule has 0 amide bonds. The molecule has 5 nitrogen and oxygen atoms in total. The minimum Gasteiger partial charge on any atom is -0.493 e. The lowest BCUT2D eigenvalue weighted by molar-refractivity contribution is -0.131. The van der Waals surface area contributed by atoms with Crippen LogP contribution in [0.4, 0.5) is 0 Å². The van der Waals surface area contributed by atoms with Crippen molar-refractivity contribution in [2.24, 2.45) is 0 Å². The summed E-state index contributed by atoms with van der Waals surface area (Å²) in [4.78, 5) is 10.6. The number of carbonyl (C=O) groups is 1. The Labute approximate surface area is 124 Å². The van der Waals surface area contributed by atoms with E-state index in [0.29, 0.717) is 29.4 Å². The summed E-state index contributed by atoms with van der Waals surface area (Å²) in [6, 6.07) is 3.39. The Bertz CT molecular complexity index is 533. The molecular weight excluding hydrogens is 272 g/mol. The predicted molar refractivity (Wildman–Crippen MR) is 81.1 cm³/mol. The first kappa shape index (κ1) is 16.6. The Morgan fingerprint density at radius 1 is 1.24 bits per heavy atom. The topological polar surface area (TPSA) is 65.0 Å². The van der Waals surface area contributed by atoms with Crippen LogP contribution in [0, 0.1) is 0 Å². The molecule has 0 aliphatic rings. The molecule has 114 valence electrons. The molecule has 0 aliphatic heterocycles. The monoisotopic (exact) mass is 292 g/mol. The van der Waals surface area contributed by atoms with Crippen LogP contribution in [-0.4, -0.2) is 31.9 Å². The Morgan fingerprint density at radius 2 is 1.81 bits per heavy atom. The number of ether oxygens (including phenoxy) is 3. The van der Waals surface area contributed by atoms with Crippen molar-refractivity contribution in [3.63, 3.8) is 0 Å². The lowest BCUT2D eigenvalue weighted by atomic mass is 10.1. The first-order valence-electron chi connectivity index (χ1n) is 6.43. The van der Waals surface area contributed by atoms with Gasteiger partial charge in [-0.3, -0.25) is 0 Å². The van der Waals surface area contributed by atoms with Crippen molar-refractivity contribution in [3.8, 4) is 17.2 Å². The number of hydrogen-bond donors (Lipinski definition) is 1. The molecule has 1 aromatic rings. The van der Waals surface area contributed by atoms with Crippen molar-refractivity contribution in [1.29, 1.82) is 0 Å². The lowest BCUT2D eigenvalue weighted by Crippen LogP contribution is -2.03. The molecule has 1 N–H and O–H groups in total. The standard InChI is InChI=1S/C16H20O5/c1-5-11(2)10-21-16-13(19-3)8-12(6-7-15(17)18)9-14(16)20-4/h5-9H,10H2,1-4H3,(H,17,18)/b7-6+,11-5+. The molecule has 0 atom stereocenters. The summed E-state index contributed by atoms with van der Waals surface area (Å²) in [5, 5.41) is 8.67. The fourth-order valence-corrected chi connectivity index (χ4v) is 1.58. The SMILES string of the molecule is C/C=C(\C)COc1c(OC)cc(/C=C/C(=O)O)cc1OC. The molecule has 0 fully saturated rings. The quantitative estimate of drug-likeness (QED) is 0.618. The number of carboxylic acid groups (broad SMARTS) is 1. The lowest BCUT2D eigenvalue weighted by Gasteiger charge is -2.15. The van der Waals surface area contributed by atoms with Crippen molar-refractivity contribution in [2.75, 3.05) is 20.8 Å². The summed E-state index contributed by atoms with van der Waals surface area (Å²) in [7, 11) is 3.05. The molecular formula is C16H20O5. The highest BCUT2D eigenvalue weighted by Gasteiger charge is 2.13. The largest absolute Gasteiger partial charge is 0.493 e. The number of methoxy groups -OCH3 is 2. The van der Waals surface area contributed by atoms with E-state index in [1.54, 1.807) is 12.1 Å². The summed E-state index contributed by atoms with van der Waals surface area (Å²) in [5.74, 6) is 0.456. The third-order valence-corrected chi connectivity index (χ3v) is 2.84. The van der Waals surface area contributed by atoms with Crippen molar-refractivity contribution in [1.82, 2.24) is 0 Å². The molecule has 0 aromatic heterocycles. The maximum atomic E-state index is 10.6. The van der Waals surface area contributed by atoms with E-state index in [4.69, 9.17) is 19.3 Å². The van der Waals surface area contributed by atoms with Crippen molar-refractivity contribution in [2.45, 2.75) is 13.8 Å². The summed E-state index contributed by atoms with van der Waals surface area (Å²) in [5.41, 5.74) is 1.73. The third kappa shape index (κ3) is 4.87.